The van der Waals surface area contributed by atoms with Crippen LogP contribution in [0, 0.1) is 5.92 Å². The SMILES string of the molecule is COCCN1CC[C@H](CNC(=O)C[C@@H](C)NC(=O)c2ccccc2)C1. The molecule has 0 unspecified atom stereocenters. The monoisotopic (exact) mass is 347 g/mol. The van der Waals surface area contributed by atoms with Crippen molar-refractivity contribution in [2.45, 2.75) is 25.8 Å². The summed E-state index contributed by atoms with van der Waals surface area (Å²) in [4.78, 5) is 26.5. The number of nitrogens with zero attached hydrogens (tertiary/aromatic N) is 1. The molecule has 0 radical (unpaired) electrons. The van der Waals surface area contributed by atoms with E-state index in [-0.39, 0.29) is 17.9 Å². The maximum absolute atomic E-state index is 12.1. The van der Waals surface area contributed by atoms with Gasteiger partial charge >= 0.3 is 0 Å². The average Bonchev–Trinajstić information content (AvgIpc) is 3.06. The van der Waals surface area contributed by atoms with Crippen LogP contribution in [0.3, 0.4) is 0 Å². The molecule has 0 saturated carbocycles. The van der Waals surface area contributed by atoms with Gasteiger partial charge in [0.05, 0.1) is 6.61 Å². The largest absolute Gasteiger partial charge is 0.383 e. The molecule has 0 aromatic heterocycles. The van der Waals surface area contributed by atoms with E-state index in [0.29, 0.717) is 24.4 Å². The predicted octanol–water partition coefficient (Wildman–Crippen LogP) is 1.28. The van der Waals surface area contributed by atoms with Crippen LogP contribution in [0.1, 0.15) is 30.1 Å². The third-order valence-electron chi connectivity index (χ3n) is 4.47. The zero-order chi connectivity index (χ0) is 18.1. The van der Waals surface area contributed by atoms with Crippen LogP contribution < -0.4 is 10.6 Å². The molecule has 1 saturated heterocycles. The highest BCUT2D eigenvalue weighted by atomic mass is 16.5. The second kappa shape index (κ2) is 10.2. The molecule has 1 aliphatic rings. The van der Waals surface area contributed by atoms with E-state index in [2.05, 4.69) is 15.5 Å². The van der Waals surface area contributed by atoms with Crippen molar-refractivity contribution in [3.05, 3.63) is 35.9 Å². The number of benzene rings is 1. The van der Waals surface area contributed by atoms with Crippen LogP contribution in [0.5, 0.6) is 0 Å². The summed E-state index contributed by atoms with van der Waals surface area (Å²) in [6, 6.07) is 8.84. The summed E-state index contributed by atoms with van der Waals surface area (Å²) in [6.45, 7) is 6.31. The molecule has 2 N–H and O–H groups in total. The number of amides is 2. The Labute approximate surface area is 149 Å². The highest BCUT2D eigenvalue weighted by Crippen LogP contribution is 2.14. The Morgan fingerprint density at radius 1 is 1.32 bits per heavy atom. The van der Waals surface area contributed by atoms with Crippen LogP contribution in [-0.4, -0.2) is 62.7 Å². The minimum atomic E-state index is -0.200. The maximum Gasteiger partial charge on any atom is 0.251 e. The molecule has 1 aromatic rings. The smallest absolute Gasteiger partial charge is 0.251 e. The van der Waals surface area contributed by atoms with Crippen molar-refractivity contribution >= 4 is 11.8 Å². The number of carbonyl (C=O) groups is 2. The van der Waals surface area contributed by atoms with Crippen LogP contribution in [0.4, 0.5) is 0 Å². The Balaban J connectivity index is 1.64. The minimum Gasteiger partial charge on any atom is -0.383 e. The predicted molar refractivity (Wildman–Crippen MR) is 97.4 cm³/mol. The Morgan fingerprint density at radius 2 is 2.08 bits per heavy atom. The summed E-state index contributed by atoms with van der Waals surface area (Å²) >= 11 is 0. The highest BCUT2D eigenvalue weighted by Gasteiger charge is 2.22. The maximum atomic E-state index is 12.1. The third kappa shape index (κ3) is 6.84. The molecule has 6 heteroatoms. The van der Waals surface area contributed by atoms with Gasteiger partial charge in [-0.2, -0.15) is 0 Å². The van der Waals surface area contributed by atoms with E-state index < -0.39 is 0 Å². The number of carbonyl (C=O) groups excluding carboxylic acids is 2. The molecule has 0 aliphatic carbocycles. The lowest BCUT2D eigenvalue weighted by atomic mass is 10.1. The highest BCUT2D eigenvalue weighted by molar-refractivity contribution is 5.94. The summed E-state index contributed by atoms with van der Waals surface area (Å²) < 4.78 is 5.10. The molecule has 1 heterocycles. The van der Waals surface area contributed by atoms with Crippen LogP contribution in [0.25, 0.3) is 0 Å². The normalized spacial score (nSPS) is 18.7. The fourth-order valence-corrected chi connectivity index (χ4v) is 3.06. The van der Waals surface area contributed by atoms with Crippen LogP contribution in [0.15, 0.2) is 30.3 Å². The van der Waals surface area contributed by atoms with Gasteiger partial charge in [0.15, 0.2) is 0 Å². The molecule has 0 spiro atoms. The van der Waals surface area contributed by atoms with E-state index in [1.54, 1.807) is 19.2 Å². The number of hydrogen-bond acceptors (Lipinski definition) is 4. The van der Waals surface area contributed by atoms with E-state index in [1.165, 1.54) is 0 Å². The lowest BCUT2D eigenvalue weighted by Gasteiger charge is -2.17. The molecule has 0 bridgehead atoms. The number of likely N-dealkylation sites (tertiary alicyclic amines) is 1. The van der Waals surface area contributed by atoms with Gasteiger partial charge in [0, 0.05) is 44.8 Å². The number of hydrogen-bond donors (Lipinski definition) is 2. The van der Waals surface area contributed by atoms with E-state index >= 15 is 0 Å². The van der Waals surface area contributed by atoms with Crippen LogP contribution in [-0.2, 0) is 9.53 Å². The van der Waals surface area contributed by atoms with Gasteiger partial charge in [-0.3, -0.25) is 9.59 Å². The summed E-state index contributed by atoms with van der Waals surface area (Å²) in [5, 5.41) is 5.86. The van der Waals surface area contributed by atoms with Crippen molar-refractivity contribution < 1.29 is 14.3 Å². The summed E-state index contributed by atoms with van der Waals surface area (Å²) in [7, 11) is 1.71. The Kier molecular flexibility index (Phi) is 7.88. The first-order valence-electron chi connectivity index (χ1n) is 8.92. The van der Waals surface area contributed by atoms with E-state index in [4.69, 9.17) is 4.74 Å². The first-order valence-corrected chi connectivity index (χ1v) is 8.92. The van der Waals surface area contributed by atoms with Crippen molar-refractivity contribution in [2.75, 3.05) is 39.9 Å². The van der Waals surface area contributed by atoms with Gasteiger partial charge in [-0.05, 0) is 37.9 Å². The van der Waals surface area contributed by atoms with Gasteiger partial charge in [-0.1, -0.05) is 18.2 Å². The third-order valence-corrected chi connectivity index (χ3v) is 4.47. The lowest BCUT2D eigenvalue weighted by Crippen LogP contribution is -2.38. The zero-order valence-electron chi connectivity index (χ0n) is 15.2. The fraction of sp³-hybridized carbons (Fsp3) is 0.579. The van der Waals surface area contributed by atoms with Gasteiger partial charge < -0.3 is 20.3 Å². The van der Waals surface area contributed by atoms with Crippen molar-refractivity contribution in [1.82, 2.24) is 15.5 Å². The Bertz CT molecular complexity index is 550. The summed E-state index contributed by atoms with van der Waals surface area (Å²) in [5.74, 6) is 0.330. The Hall–Kier alpha value is -1.92. The van der Waals surface area contributed by atoms with Gasteiger partial charge in [-0.15, -0.1) is 0 Å². The van der Waals surface area contributed by atoms with Gasteiger partial charge in [0.2, 0.25) is 5.91 Å². The summed E-state index contributed by atoms with van der Waals surface area (Å²) in [5.41, 5.74) is 0.608. The van der Waals surface area contributed by atoms with Gasteiger partial charge in [-0.25, -0.2) is 0 Å². The van der Waals surface area contributed by atoms with Crippen LogP contribution >= 0.6 is 0 Å². The molecule has 2 rings (SSSR count). The number of methoxy groups -OCH3 is 1. The number of nitrogens with one attached hydrogen (secondary N) is 2. The molecule has 6 nitrogen and oxygen atoms in total. The molecule has 2 amide bonds. The van der Waals surface area contributed by atoms with Crippen LogP contribution in [0.2, 0.25) is 0 Å². The minimum absolute atomic E-state index is 0.0174. The molecule has 138 valence electrons. The quantitative estimate of drug-likeness (QED) is 0.706. The molecular formula is C19H29N3O3. The average molecular weight is 347 g/mol. The molecule has 2 atom stereocenters. The van der Waals surface area contributed by atoms with E-state index in [0.717, 1.165) is 32.7 Å². The van der Waals surface area contributed by atoms with Crippen molar-refractivity contribution in [3.63, 3.8) is 0 Å². The second-order valence-electron chi connectivity index (χ2n) is 6.70. The first kappa shape index (κ1) is 19.4. The standard InChI is InChI=1S/C19H29N3O3/c1-15(21-19(24)17-6-4-3-5-7-17)12-18(23)20-13-16-8-9-22(14-16)10-11-25-2/h3-7,15-16H,8-14H2,1-2H3,(H,20,23)(H,21,24)/t15-,16-/m1/s1. The molecular weight excluding hydrogens is 318 g/mol. The van der Waals surface area contributed by atoms with Gasteiger partial charge in [0.1, 0.15) is 0 Å². The zero-order valence-corrected chi connectivity index (χ0v) is 15.2. The number of ether oxygens (including phenoxy) is 1. The summed E-state index contributed by atoms with van der Waals surface area (Å²) in [6.07, 6.45) is 1.39. The topological polar surface area (TPSA) is 70.7 Å². The molecule has 1 fully saturated rings. The van der Waals surface area contributed by atoms with Crippen molar-refractivity contribution in [1.29, 1.82) is 0 Å². The van der Waals surface area contributed by atoms with E-state index in [9.17, 15) is 9.59 Å². The Morgan fingerprint density at radius 3 is 2.80 bits per heavy atom. The molecule has 1 aliphatic heterocycles. The van der Waals surface area contributed by atoms with Crippen molar-refractivity contribution in [2.24, 2.45) is 5.92 Å². The van der Waals surface area contributed by atoms with Crippen molar-refractivity contribution in [3.8, 4) is 0 Å². The molecule has 25 heavy (non-hydrogen) atoms. The lowest BCUT2D eigenvalue weighted by molar-refractivity contribution is -0.121. The van der Waals surface area contributed by atoms with Gasteiger partial charge in [0.25, 0.3) is 5.91 Å². The molecule has 1 aromatic carbocycles. The number of rotatable bonds is 9. The second-order valence-corrected chi connectivity index (χ2v) is 6.70. The first-order chi connectivity index (χ1) is 12.1. The van der Waals surface area contributed by atoms with E-state index in [1.807, 2.05) is 25.1 Å². The fourth-order valence-electron chi connectivity index (χ4n) is 3.06.